The van der Waals surface area contributed by atoms with Gasteiger partial charge in [0.15, 0.2) is 0 Å². The third-order valence-corrected chi connectivity index (χ3v) is 4.84. The Hall–Kier alpha value is -2.38. The summed E-state index contributed by atoms with van der Waals surface area (Å²) in [4.78, 5) is 2.45. The first kappa shape index (κ1) is 17.1. The number of anilines is 1. The fourth-order valence-electron chi connectivity index (χ4n) is 3.31. The molecule has 4 rings (SSSR count). The molecule has 0 aliphatic carbocycles. The van der Waals surface area contributed by atoms with Crippen LogP contribution in [0.4, 0.5) is 6.01 Å². The number of morpholine rings is 1. The van der Waals surface area contributed by atoms with Crippen molar-refractivity contribution in [2.45, 2.75) is 12.8 Å². The average Bonchev–Trinajstić information content (AvgIpc) is 3.29. The van der Waals surface area contributed by atoms with Crippen LogP contribution in [0, 0.1) is 0 Å². The van der Waals surface area contributed by atoms with E-state index >= 15 is 0 Å². The number of rotatable bonds is 7. The van der Waals surface area contributed by atoms with Crippen molar-refractivity contribution < 1.29 is 9.15 Å². The van der Waals surface area contributed by atoms with E-state index in [1.807, 2.05) is 19.3 Å². The molecule has 1 aliphatic rings. The van der Waals surface area contributed by atoms with Gasteiger partial charge in [0.25, 0.3) is 0 Å². The Bertz CT molecular complexity index is 851. The van der Waals surface area contributed by atoms with Crippen molar-refractivity contribution in [3.05, 3.63) is 30.5 Å². The fourth-order valence-corrected chi connectivity index (χ4v) is 3.31. The molecule has 3 aromatic rings. The number of hydrogen-bond acceptors (Lipinski definition) is 6. The highest BCUT2D eigenvalue weighted by atomic mass is 16.5. The van der Waals surface area contributed by atoms with Crippen LogP contribution in [0.3, 0.4) is 0 Å². The van der Waals surface area contributed by atoms with Gasteiger partial charge in [-0.05, 0) is 43.7 Å². The van der Waals surface area contributed by atoms with E-state index in [4.69, 9.17) is 9.15 Å². The molecule has 7 nitrogen and oxygen atoms in total. The van der Waals surface area contributed by atoms with E-state index in [2.05, 4.69) is 43.2 Å². The van der Waals surface area contributed by atoms with Gasteiger partial charge in [0.1, 0.15) is 0 Å². The highest BCUT2D eigenvalue weighted by Gasteiger charge is 2.11. The molecule has 0 saturated carbocycles. The van der Waals surface area contributed by atoms with Crippen molar-refractivity contribution in [3.8, 4) is 11.5 Å². The monoisotopic (exact) mass is 355 g/mol. The molecule has 0 unspecified atom stereocenters. The number of aryl methyl sites for hydroxylation is 1. The van der Waals surface area contributed by atoms with Crippen LogP contribution < -0.4 is 5.32 Å². The summed E-state index contributed by atoms with van der Waals surface area (Å²) in [6.07, 6.45) is 4.27. The van der Waals surface area contributed by atoms with Gasteiger partial charge in [-0.25, -0.2) is 0 Å². The van der Waals surface area contributed by atoms with Gasteiger partial charge in [-0.3, -0.25) is 4.90 Å². The van der Waals surface area contributed by atoms with Gasteiger partial charge < -0.3 is 19.0 Å². The van der Waals surface area contributed by atoms with Crippen LogP contribution in [-0.2, 0) is 11.8 Å². The molecule has 0 radical (unpaired) electrons. The minimum Gasteiger partial charge on any atom is -0.403 e. The summed E-state index contributed by atoms with van der Waals surface area (Å²) in [6.45, 7) is 5.77. The Balaban J connectivity index is 1.27. The summed E-state index contributed by atoms with van der Waals surface area (Å²) in [7, 11) is 2.04. The summed E-state index contributed by atoms with van der Waals surface area (Å²) in [5, 5.41) is 12.7. The van der Waals surface area contributed by atoms with Crippen LogP contribution in [0.15, 0.2) is 34.9 Å². The molecular formula is C19H25N5O2. The number of aromatic nitrogens is 3. The zero-order valence-electron chi connectivity index (χ0n) is 15.1. The number of hydrogen-bond donors (Lipinski definition) is 1. The lowest BCUT2D eigenvalue weighted by molar-refractivity contribution is 0.0373. The van der Waals surface area contributed by atoms with E-state index in [1.165, 1.54) is 10.9 Å². The van der Waals surface area contributed by atoms with E-state index in [0.717, 1.165) is 57.8 Å². The Morgan fingerprint density at radius 2 is 2.00 bits per heavy atom. The zero-order valence-corrected chi connectivity index (χ0v) is 15.1. The number of ether oxygens (including phenoxy) is 1. The van der Waals surface area contributed by atoms with E-state index < -0.39 is 0 Å². The molecule has 0 spiro atoms. The maximum Gasteiger partial charge on any atom is 0.315 e. The van der Waals surface area contributed by atoms with Gasteiger partial charge >= 0.3 is 6.01 Å². The van der Waals surface area contributed by atoms with Crippen LogP contribution in [0.5, 0.6) is 0 Å². The molecular weight excluding hydrogens is 330 g/mol. The van der Waals surface area contributed by atoms with Crippen molar-refractivity contribution in [2.75, 3.05) is 44.7 Å². The van der Waals surface area contributed by atoms with Gasteiger partial charge in [0.05, 0.1) is 13.2 Å². The first-order valence-electron chi connectivity index (χ1n) is 9.22. The summed E-state index contributed by atoms with van der Waals surface area (Å²) >= 11 is 0. The summed E-state index contributed by atoms with van der Waals surface area (Å²) < 4.78 is 13.2. The summed E-state index contributed by atoms with van der Waals surface area (Å²) in [6, 6.07) is 8.74. The molecule has 7 heteroatoms. The van der Waals surface area contributed by atoms with Crippen LogP contribution in [-0.4, -0.2) is 59.1 Å². The standard InChI is InChI=1S/C19H25N5O2/c1-23-9-6-15-14-16(4-5-17(15)23)18-21-22-19(26-18)20-7-2-3-8-24-10-12-25-13-11-24/h4-6,9,14H,2-3,7-8,10-13H2,1H3,(H,20,22). The largest absolute Gasteiger partial charge is 0.403 e. The number of fused-ring (bicyclic) bond motifs is 1. The number of benzene rings is 1. The highest BCUT2D eigenvalue weighted by Crippen LogP contribution is 2.25. The molecule has 0 bridgehead atoms. The normalized spacial score (nSPS) is 15.6. The van der Waals surface area contributed by atoms with Gasteiger partial charge in [-0.15, -0.1) is 5.10 Å². The van der Waals surface area contributed by atoms with Gasteiger partial charge in [0, 0.05) is 49.3 Å². The van der Waals surface area contributed by atoms with Crippen LogP contribution >= 0.6 is 0 Å². The van der Waals surface area contributed by atoms with E-state index in [9.17, 15) is 0 Å². The lowest BCUT2D eigenvalue weighted by Gasteiger charge is -2.26. The third kappa shape index (κ3) is 3.89. The molecule has 26 heavy (non-hydrogen) atoms. The molecule has 1 N–H and O–H groups in total. The van der Waals surface area contributed by atoms with Crippen molar-refractivity contribution in [2.24, 2.45) is 7.05 Å². The van der Waals surface area contributed by atoms with Crippen LogP contribution in [0.1, 0.15) is 12.8 Å². The van der Waals surface area contributed by atoms with Crippen molar-refractivity contribution >= 4 is 16.9 Å². The SMILES string of the molecule is Cn1ccc2cc(-c3nnc(NCCCCN4CCOCC4)o3)ccc21. The highest BCUT2D eigenvalue weighted by molar-refractivity contribution is 5.84. The Morgan fingerprint density at radius 3 is 2.88 bits per heavy atom. The third-order valence-electron chi connectivity index (χ3n) is 4.84. The zero-order chi connectivity index (χ0) is 17.8. The second-order valence-corrected chi connectivity index (χ2v) is 6.70. The molecule has 0 amide bonds. The van der Waals surface area contributed by atoms with E-state index in [-0.39, 0.29) is 0 Å². The maximum atomic E-state index is 5.75. The van der Waals surface area contributed by atoms with Gasteiger partial charge in [-0.1, -0.05) is 5.10 Å². The smallest absolute Gasteiger partial charge is 0.315 e. The molecule has 0 atom stereocenters. The lowest BCUT2D eigenvalue weighted by Crippen LogP contribution is -2.36. The van der Waals surface area contributed by atoms with Gasteiger partial charge in [0.2, 0.25) is 5.89 Å². The van der Waals surface area contributed by atoms with Crippen molar-refractivity contribution in [1.29, 1.82) is 0 Å². The predicted molar refractivity (Wildman–Crippen MR) is 101 cm³/mol. The predicted octanol–water partition coefficient (Wildman–Crippen LogP) is 2.75. The molecule has 1 aromatic carbocycles. The van der Waals surface area contributed by atoms with Crippen LogP contribution in [0.2, 0.25) is 0 Å². The molecule has 1 fully saturated rings. The van der Waals surface area contributed by atoms with Crippen molar-refractivity contribution in [1.82, 2.24) is 19.7 Å². The quantitative estimate of drug-likeness (QED) is 0.657. The number of nitrogens with one attached hydrogen (secondary N) is 1. The molecule has 1 aliphatic heterocycles. The number of unbranched alkanes of at least 4 members (excludes halogenated alkanes) is 1. The maximum absolute atomic E-state index is 5.75. The summed E-state index contributed by atoms with van der Waals surface area (Å²) in [5.41, 5.74) is 2.13. The van der Waals surface area contributed by atoms with Crippen LogP contribution in [0.25, 0.3) is 22.4 Å². The van der Waals surface area contributed by atoms with E-state index in [0.29, 0.717) is 11.9 Å². The van der Waals surface area contributed by atoms with E-state index in [1.54, 1.807) is 0 Å². The lowest BCUT2D eigenvalue weighted by atomic mass is 10.1. The minimum atomic E-state index is 0.486. The van der Waals surface area contributed by atoms with Gasteiger partial charge in [-0.2, -0.15) is 0 Å². The molecule has 2 aromatic heterocycles. The molecule has 1 saturated heterocycles. The Morgan fingerprint density at radius 1 is 1.12 bits per heavy atom. The second-order valence-electron chi connectivity index (χ2n) is 6.70. The number of nitrogens with zero attached hydrogens (tertiary/aromatic N) is 4. The topological polar surface area (TPSA) is 68.4 Å². The molecule has 3 heterocycles. The molecule has 138 valence electrons. The first-order chi connectivity index (χ1) is 12.8. The Labute approximate surface area is 152 Å². The summed E-state index contributed by atoms with van der Waals surface area (Å²) in [5.74, 6) is 0.548. The average molecular weight is 355 g/mol. The second kappa shape index (κ2) is 7.88. The Kier molecular flexibility index (Phi) is 5.17. The first-order valence-corrected chi connectivity index (χ1v) is 9.22. The minimum absolute atomic E-state index is 0.486. The van der Waals surface area contributed by atoms with Crippen molar-refractivity contribution in [3.63, 3.8) is 0 Å². The fraction of sp³-hybridized carbons (Fsp3) is 0.474.